The minimum Gasteiger partial charge on any atom is -0.478 e. The summed E-state index contributed by atoms with van der Waals surface area (Å²) in [4.78, 5) is 15.4. The summed E-state index contributed by atoms with van der Waals surface area (Å²) >= 11 is 1.95. The molecule has 1 N–H and O–H groups in total. The van der Waals surface area contributed by atoms with Crippen LogP contribution in [0.1, 0.15) is 29.0 Å². The van der Waals surface area contributed by atoms with Gasteiger partial charge in [-0.25, -0.2) is 14.3 Å². The van der Waals surface area contributed by atoms with Crippen molar-refractivity contribution in [1.29, 1.82) is 0 Å². The maximum absolute atomic E-state index is 11.1. The fourth-order valence-electron chi connectivity index (χ4n) is 2.21. The fraction of sp³-hybridized carbons (Fsp3) is 0.417. The van der Waals surface area contributed by atoms with E-state index in [4.69, 9.17) is 5.11 Å². The van der Waals surface area contributed by atoms with E-state index in [0.29, 0.717) is 10.9 Å². The van der Waals surface area contributed by atoms with Crippen molar-refractivity contribution in [2.24, 2.45) is 0 Å². The van der Waals surface area contributed by atoms with Crippen molar-refractivity contribution in [3.8, 4) is 0 Å². The average molecular weight is 263 g/mol. The molecule has 3 heterocycles. The van der Waals surface area contributed by atoms with Gasteiger partial charge in [0.05, 0.1) is 0 Å². The van der Waals surface area contributed by atoms with Gasteiger partial charge in [-0.05, 0) is 30.7 Å². The molecule has 1 unspecified atom stereocenters. The molecule has 2 aromatic heterocycles. The van der Waals surface area contributed by atoms with E-state index in [1.165, 1.54) is 18.6 Å². The molecule has 0 aliphatic carbocycles. The number of rotatable bonds is 3. The third kappa shape index (κ3) is 2.08. The highest BCUT2D eigenvalue weighted by Gasteiger charge is 2.19. The number of pyridine rings is 1. The molecule has 94 valence electrons. The zero-order valence-corrected chi connectivity index (χ0v) is 10.6. The molecular formula is C12H13N3O2S. The van der Waals surface area contributed by atoms with Crippen molar-refractivity contribution < 1.29 is 9.90 Å². The zero-order valence-electron chi connectivity index (χ0n) is 9.74. The monoisotopic (exact) mass is 263 g/mol. The van der Waals surface area contributed by atoms with E-state index in [0.717, 1.165) is 12.2 Å². The summed E-state index contributed by atoms with van der Waals surface area (Å²) in [7, 11) is 0. The number of carboxylic acid groups (broad SMARTS) is 1. The van der Waals surface area contributed by atoms with E-state index in [1.54, 1.807) is 22.8 Å². The Bertz CT molecular complexity index is 590. The lowest BCUT2D eigenvalue weighted by Crippen LogP contribution is -2.03. The number of aromatic nitrogens is 3. The Kier molecular flexibility index (Phi) is 2.95. The van der Waals surface area contributed by atoms with Crippen LogP contribution in [0.2, 0.25) is 0 Å². The number of aromatic carboxylic acids is 1. The molecule has 3 rings (SSSR count). The number of hydrogen-bond donors (Lipinski definition) is 1. The van der Waals surface area contributed by atoms with Gasteiger partial charge < -0.3 is 5.11 Å². The Morgan fingerprint density at radius 3 is 3.22 bits per heavy atom. The molecule has 1 atom stereocenters. The molecule has 1 saturated heterocycles. The van der Waals surface area contributed by atoms with Gasteiger partial charge >= 0.3 is 5.97 Å². The van der Waals surface area contributed by atoms with Gasteiger partial charge in [0.15, 0.2) is 11.5 Å². The maximum Gasteiger partial charge on any atom is 0.339 e. The van der Waals surface area contributed by atoms with Crippen molar-refractivity contribution in [1.82, 2.24) is 14.6 Å². The van der Waals surface area contributed by atoms with Gasteiger partial charge in [0.1, 0.15) is 5.56 Å². The first-order valence-electron chi connectivity index (χ1n) is 5.93. The fourth-order valence-corrected chi connectivity index (χ4v) is 3.48. The molecular weight excluding hydrogens is 250 g/mol. The highest BCUT2D eigenvalue weighted by molar-refractivity contribution is 8.00. The van der Waals surface area contributed by atoms with Gasteiger partial charge in [0, 0.05) is 17.9 Å². The molecule has 0 radical (unpaired) electrons. The van der Waals surface area contributed by atoms with Crippen molar-refractivity contribution in [3.05, 3.63) is 29.7 Å². The second-order valence-electron chi connectivity index (χ2n) is 4.36. The quantitative estimate of drug-likeness (QED) is 0.915. The molecule has 0 saturated carbocycles. The molecule has 18 heavy (non-hydrogen) atoms. The molecule has 1 aliphatic rings. The second kappa shape index (κ2) is 4.61. The summed E-state index contributed by atoms with van der Waals surface area (Å²) in [5.74, 6) is 0.983. The molecule has 0 amide bonds. The van der Waals surface area contributed by atoms with Crippen LogP contribution in [0.25, 0.3) is 5.65 Å². The van der Waals surface area contributed by atoms with Crippen LogP contribution in [-0.4, -0.2) is 36.7 Å². The summed E-state index contributed by atoms with van der Waals surface area (Å²) < 4.78 is 1.55. The predicted molar refractivity (Wildman–Crippen MR) is 69.1 cm³/mol. The highest BCUT2D eigenvalue weighted by atomic mass is 32.2. The van der Waals surface area contributed by atoms with Crippen LogP contribution in [0.4, 0.5) is 0 Å². The van der Waals surface area contributed by atoms with Gasteiger partial charge in [-0.2, -0.15) is 16.9 Å². The normalized spacial score (nSPS) is 19.4. The number of hydrogen-bond acceptors (Lipinski definition) is 4. The summed E-state index contributed by atoms with van der Waals surface area (Å²) in [6.07, 6.45) is 5.01. The van der Waals surface area contributed by atoms with Crippen molar-refractivity contribution >= 4 is 23.4 Å². The lowest BCUT2D eigenvalue weighted by Gasteiger charge is -2.02. The summed E-state index contributed by atoms with van der Waals surface area (Å²) in [5, 5.41) is 14.0. The standard InChI is InChI=1S/C12H13N3O2S/c16-12(17)9-4-1-5-15-11(9)13-10(14-15)7-8-3-2-6-18-8/h1,4-5,8H,2-3,6-7H2,(H,16,17). The smallest absolute Gasteiger partial charge is 0.339 e. The molecule has 1 aliphatic heterocycles. The molecule has 2 aromatic rings. The molecule has 0 spiro atoms. The maximum atomic E-state index is 11.1. The summed E-state index contributed by atoms with van der Waals surface area (Å²) in [6.45, 7) is 0. The van der Waals surface area contributed by atoms with Crippen LogP contribution in [0.15, 0.2) is 18.3 Å². The van der Waals surface area contributed by atoms with E-state index < -0.39 is 5.97 Å². The van der Waals surface area contributed by atoms with Crippen LogP contribution in [-0.2, 0) is 6.42 Å². The number of nitrogens with zero attached hydrogens (tertiary/aromatic N) is 3. The van der Waals surface area contributed by atoms with Crippen LogP contribution >= 0.6 is 11.8 Å². The van der Waals surface area contributed by atoms with Crippen molar-refractivity contribution in [2.45, 2.75) is 24.5 Å². The van der Waals surface area contributed by atoms with E-state index in [-0.39, 0.29) is 5.56 Å². The Hall–Kier alpha value is -1.56. The van der Waals surface area contributed by atoms with Gasteiger partial charge in [0.25, 0.3) is 0 Å². The molecule has 0 bridgehead atoms. The van der Waals surface area contributed by atoms with E-state index in [1.807, 2.05) is 11.8 Å². The average Bonchev–Trinajstić information content (AvgIpc) is 2.96. The first-order chi connectivity index (χ1) is 8.74. The lowest BCUT2D eigenvalue weighted by molar-refractivity contribution is 0.0698. The number of carboxylic acids is 1. The van der Waals surface area contributed by atoms with Gasteiger partial charge in [-0.15, -0.1) is 0 Å². The third-order valence-corrected chi connectivity index (χ3v) is 4.47. The van der Waals surface area contributed by atoms with Crippen LogP contribution in [0, 0.1) is 0 Å². The first-order valence-corrected chi connectivity index (χ1v) is 6.98. The van der Waals surface area contributed by atoms with Crippen LogP contribution in [0.3, 0.4) is 0 Å². The largest absolute Gasteiger partial charge is 0.478 e. The molecule has 6 heteroatoms. The number of thioether (sulfide) groups is 1. The zero-order chi connectivity index (χ0) is 12.5. The Balaban J connectivity index is 1.94. The second-order valence-corrected chi connectivity index (χ2v) is 5.77. The minimum atomic E-state index is -0.963. The number of carbonyl (C=O) groups is 1. The van der Waals surface area contributed by atoms with Crippen LogP contribution in [0.5, 0.6) is 0 Å². The van der Waals surface area contributed by atoms with E-state index in [9.17, 15) is 4.79 Å². The SMILES string of the molecule is O=C(O)c1cccn2nc(CC3CCCS3)nc12. The molecule has 5 nitrogen and oxygen atoms in total. The summed E-state index contributed by atoms with van der Waals surface area (Å²) in [5.41, 5.74) is 0.637. The topological polar surface area (TPSA) is 67.5 Å². The van der Waals surface area contributed by atoms with Crippen molar-refractivity contribution in [2.75, 3.05) is 5.75 Å². The first kappa shape index (κ1) is 11.5. The Morgan fingerprint density at radius 2 is 2.50 bits per heavy atom. The van der Waals surface area contributed by atoms with E-state index in [2.05, 4.69) is 10.1 Å². The predicted octanol–water partition coefficient (Wildman–Crippen LogP) is 1.87. The number of fused-ring (bicyclic) bond motifs is 1. The third-order valence-electron chi connectivity index (χ3n) is 3.07. The Labute approximate surface area is 108 Å². The van der Waals surface area contributed by atoms with Gasteiger partial charge in [-0.1, -0.05) is 0 Å². The van der Waals surface area contributed by atoms with E-state index >= 15 is 0 Å². The highest BCUT2D eigenvalue weighted by Crippen LogP contribution is 2.28. The lowest BCUT2D eigenvalue weighted by atomic mass is 10.2. The minimum absolute atomic E-state index is 0.204. The van der Waals surface area contributed by atoms with Gasteiger partial charge in [-0.3, -0.25) is 0 Å². The van der Waals surface area contributed by atoms with Crippen LogP contribution < -0.4 is 0 Å². The van der Waals surface area contributed by atoms with Crippen molar-refractivity contribution in [3.63, 3.8) is 0 Å². The summed E-state index contributed by atoms with van der Waals surface area (Å²) in [6, 6.07) is 3.24. The van der Waals surface area contributed by atoms with Gasteiger partial charge in [0.2, 0.25) is 0 Å². The Morgan fingerprint density at radius 1 is 1.61 bits per heavy atom. The molecule has 0 aromatic carbocycles. The molecule has 1 fully saturated rings.